The van der Waals surface area contributed by atoms with E-state index in [4.69, 9.17) is 5.73 Å². The van der Waals surface area contributed by atoms with Gasteiger partial charge in [-0.1, -0.05) is 12.1 Å². The first-order valence-corrected chi connectivity index (χ1v) is 9.05. The number of aromatic nitrogens is 2. The van der Waals surface area contributed by atoms with Gasteiger partial charge in [-0.15, -0.1) is 0 Å². The van der Waals surface area contributed by atoms with Gasteiger partial charge in [-0.25, -0.2) is 9.37 Å². The lowest BCUT2D eigenvalue weighted by Gasteiger charge is -2.51. The first-order valence-electron chi connectivity index (χ1n) is 9.05. The Hall–Kier alpha value is -2.21. The molecule has 0 saturated carbocycles. The minimum atomic E-state index is -0.177. The Morgan fingerprint density at radius 1 is 1.04 bits per heavy atom. The van der Waals surface area contributed by atoms with Gasteiger partial charge in [-0.05, 0) is 55.6 Å². The molecule has 0 aliphatic carbocycles. The van der Waals surface area contributed by atoms with E-state index in [0.717, 1.165) is 12.4 Å². The van der Waals surface area contributed by atoms with E-state index < -0.39 is 0 Å². The van der Waals surface area contributed by atoms with Crippen molar-refractivity contribution in [1.82, 2.24) is 14.9 Å². The second-order valence-electron chi connectivity index (χ2n) is 7.44. The standard InChI is InChI=1S/C19H22FN5/c20-14-3-1-12(2-4-14)15-11-25(16-5-8-22-19(21)23-16)17-13-6-9-24(10-7-13)18(15)17/h1-5,8,13,15,17-18H,6-7,9-11H2,(H2,21,22,23)/t15-,17+,18+/m0/s1. The van der Waals surface area contributed by atoms with Crippen LogP contribution in [-0.2, 0) is 0 Å². The molecule has 4 aliphatic heterocycles. The van der Waals surface area contributed by atoms with Crippen molar-refractivity contribution >= 4 is 11.8 Å². The van der Waals surface area contributed by atoms with Crippen LogP contribution in [0.3, 0.4) is 0 Å². The van der Waals surface area contributed by atoms with E-state index in [0.29, 0.717) is 29.9 Å². The Morgan fingerprint density at radius 3 is 2.52 bits per heavy atom. The number of piperidine rings is 3. The van der Waals surface area contributed by atoms with Gasteiger partial charge in [0.25, 0.3) is 0 Å². The van der Waals surface area contributed by atoms with Crippen LogP contribution in [0.4, 0.5) is 16.2 Å². The van der Waals surface area contributed by atoms with Crippen molar-refractivity contribution in [2.45, 2.75) is 30.8 Å². The van der Waals surface area contributed by atoms with Gasteiger partial charge in [0.15, 0.2) is 0 Å². The lowest BCUT2D eigenvalue weighted by molar-refractivity contribution is 0.0354. The SMILES string of the molecule is Nc1nccc(N2C[C@@H](c3ccc(F)cc3)[C@@H]3[C@H]2C2CCN3CC2)n1. The highest BCUT2D eigenvalue weighted by Gasteiger charge is 2.53. The van der Waals surface area contributed by atoms with E-state index in [-0.39, 0.29) is 5.82 Å². The fraction of sp³-hybridized carbons (Fsp3) is 0.474. The highest BCUT2D eigenvalue weighted by molar-refractivity contribution is 5.48. The Balaban J connectivity index is 1.56. The summed E-state index contributed by atoms with van der Waals surface area (Å²) in [5.74, 6) is 2.12. The van der Waals surface area contributed by atoms with Gasteiger partial charge in [0.05, 0.1) is 0 Å². The van der Waals surface area contributed by atoms with Crippen molar-refractivity contribution in [1.29, 1.82) is 0 Å². The summed E-state index contributed by atoms with van der Waals surface area (Å²) in [5, 5.41) is 0. The zero-order valence-corrected chi connectivity index (χ0v) is 14.1. The zero-order valence-electron chi connectivity index (χ0n) is 14.1. The van der Waals surface area contributed by atoms with Gasteiger partial charge in [0.2, 0.25) is 5.95 Å². The van der Waals surface area contributed by atoms with Crippen LogP contribution in [-0.4, -0.2) is 46.6 Å². The summed E-state index contributed by atoms with van der Waals surface area (Å²) in [6.45, 7) is 3.23. The number of anilines is 2. The summed E-state index contributed by atoms with van der Waals surface area (Å²) in [6.07, 6.45) is 4.22. The molecule has 1 aromatic heterocycles. The smallest absolute Gasteiger partial charge is 0.221 e. The number of hydrogen-bond donors (Lipinski definition) is 1. The Morgan fingerprint density at radius 2 is 1.80 bits per heavy atom. The third-order valence-corrected chi connectivity index (χ3v) is 6.25. The molecule has 5 heterocycles. The zero-order chi connectivity index (χ0) is 17.0. The van der Waals surface area contributed by atoms with Crippen LogP contribution in [0, 0.1) is 11.7 Å². The predicted molar refractivity (Wildman–Crippen MR) is 94.8 cm³/mol. The summed E-state index contributed by atoms with van der Waals surface area (Å²) in [5.41, 5.74) is 7.05. The van der Waals surface area contributed by atoms with Crippen LogP contribution >= 0.6 is 0 Å². The van der Waals surface area contributed by atoms with Gasteiger partial charge < -0.3 is 10.6 Å². The Labute approximate surface area is 146 Å². The van der Waals surface area contributed by atoms with E-state index >= 15 is 0 Å². The van der Waals surface area contributed by atoms with Crippen molar-refractivity contribution in [3.05, 3.63) is 47.9 Å². The van der Waals surface area contributed by atoms with Crippen LogP contribution in [0.5, 0.6) is 0 Å². The quantitative estimate of drug-likeness (QED) is 0.909. The van der Waals surface area contributed by atoms with E-state index in [1.54, 1.807) is 18.3 Å². The molecular weight excluding hydrogens is 317 g/mol. The Bertz CT molecular complexity index is 772. The summed E-state index contributed by atoms with van der Waals surface area (Å²) in [6, 6.07) is 9.91. The van der Waals surface area contributed by atoms with E-state index in [1.165, 1.54) is 31.5 Å². The third-order valence-electron chi connectivity index (χ3n) is 6.25. The third kappa shape index (κ3) is 2.39. The average molecular weight is 339 g/mol. The average Bonchev–Trinajstić information content (AvgIpc) is 3.06. The fourth-order valence-electron chi connectivity index (χ4n) is 5.21. The normalized spacial score (nSPS) is 33.5. The number of halogens is 1. The molecule has 0 amide bonds. The number of fused-ring (bicyclic) bond motifs is 2. The lowest BCUT2D eigenvalue weighted by atomic mass is 9.75. The maximum absolute atomic E-state index is 13.4. The predicted octanol–water partition coefficient (Wildman–Crippen LogP) is 2.26. The van der Waals surface area contributed by atoms with Crippen LogP contribution in [0.2, 0.25) is 0 Å². The summed E-state index contributed by atoms with van der Waals surface area (Å²) in [4.78, 5) is 13.6. The molecule has 0 radical (unpaired) electrons. The van der Waals surface area contributed by atoms with Crippen molar-refractivity contribution < 1.29 is 4.39 Å². The number of rotatable bonds is 2. The largest absolute Gasteiger partial charge is 0.368 e. The maximum atomic E-state index is 13.4. The topological polar surface area (TPSA) is 58.3 Å². The maximum Gasteiger partial charge on any atom is 0.221 e. The van der Waals surface area contributed by atoms with Crippen LogP contribution in [0.1, 0.15) is 24.3 Å². The van der Waals surface area contributed by atoms with Gasteiger partial charge in [-0.3, -0.25) is 4.90 Å². The first-order chi connectivity index (χ1) is 12.2. The van der Waals surface area contributed by atoms with Crippen LogP contribution in [0.25, 0.3) is 0 Å². The lowest BCUT2D eigenvalue weighted by Crippen LogP contribution is -2.60. The summed E-state index contributed by atoms with van der Waals surface area (Å²) >= 11 is 0. The van der Waals surface area contributed by atoms with Crippen molar-refractivity contribution in [3.63, 3.8) is 0 Å². The molecule has 4 saturated heterocycles. The van der Waals surface area contributed by atoms with E-state index in [9.17, 15) is 4.39 Å². The number of hydrogen-bond acceptors (Lipinski definition) is 5. The number of nitrogen functional groups attached to an aromatic ring is 1. The minimum Gasteiger partial charge on any atom is -0.368 e. The van der Waals surface area contributed by atoms with Crippen LogP contribution in [0.15, 0.2) is 36.5 Å². The van der Waals surface area contributed by atoms with E-state index in [2.05, 4.69) is 19.8 Å². The van der Waals surface area contributed by atoms with Gasteiger partial charge in [-0.2, -0.15) is 4.98 Å². The molecule has 0 spiro atoms. The molecule has 3 atom stereocenters. The summed E-state index contributed by atoms with van der Waals surface area (Å²) in [7, 11) is 0. The molecule has 25 heavy (non-hydrogen) atoms. The molecule has 6 rings (SSSR count). The molecule has 6 heteroatoms. The molecule has 2 N–H and O–H groups in total. The molecule has 1 aromatic carbocycles. The van der Waals surface area contributed by atoms with Crippen molar-refractivity contribution in [2.24, 2.45) is 5.92 Å². The highest BCUT2D eigenvalue weighted by Crippen LogP contribution is 2.47. The van der Waals surface area contributed by atoms with Gasteiger partial charge in [0.1, 0.15) is 11.6 Å². The molecule has 5 nitrogen and oxygen atoms in total. The monoisotopic (exact) mass is 339 g/mol. The van der Waals surface area contributed by atoms with Gasteiger partial charge >= 0.3 is 0 Å². The second kappa shape index (κ2) is 5.66. The minimum absolute atomic E-state index is 0.177. The number of nitrogens with two attached hydrogens (primary N) is 1. The molecule has 4 aliphatic rings. The molecule has 2 bridgehead atoms. The van der Waals surface area contributed by atoms with E-state index in [1.807, 2.05) is 18.2 Å². The molecule has 0 unspecified atom stereocenters. The first kappa shape index (κ1) is 15.1. The number of benzene rings is 1. The van der Waals surface area contributed by atoms with Gasteiger partial charge in [0, 0.05) is 30.7 Å². The molecule has 130 valence electrons. The highest BCUT2D eigenvalue weighted by atomic mass is 19.1. The molecule has 2 aromatic rings. The van der Waals surface area contributed by atoms with Crippen LogP contribution < -0.4 is 10.6 Å². The number of nitrogens with zero attached hydrogens (tertiary/aromatic N) is 4. The Kier molecular flexibility index (Phi) is 3.41. The molecular formula is C19H22FN5. The van der Waals surface area contributed by atoms with Crippen molar-refractivity contribution in [3.8, 4) is 0 Å². The second-order valence-corrected chi connectivity index (χ2v) is 7.44. The fourth-order valence-corrected chi connectivity index (χ4v) is 5.21. The summed E-state index contributed by atoms with van der Waals surface area (Å²) < 4.78 is 13.4. The molecule has 4 fully saturated rings. The van der Waals surface area contributed by atoms with Crippen molar-refractivity contribution in [2.75, 3.05) is 30.3 Å².